The molecule has 254 valence electrons. The molecule has 0 unspecified atom stereocenters. The van der Waals surface area contributed by atoms with Gasteiger partial charge in [0, 0.05) is 61.9 Å². The Balaban J connectivity index is 0.000000183. The van der Waals surface area contributed by atoms with Crippen molar-refractivity contribution in [3.8, 4) is 0 Å². The molecule has 1 aliphatic heterocycles. The van der Waals surface area contributed by atoms with Gasteiger partial charge < -0.3 is 10.8 Å². The summed E-state index contributed by atoms with van der Waals surface area (Å²) in [5, 5.41) is 26.8. The molecule has 0 spiro atoms. The first kappa shape index (κ1) is 36.2. The second kappa shape index (κ2) is 17.0. The summed E-state index contributed by atoms with van der Waals surface area (Å²) in [5.41, 5.74) is 9.22. The Morgan fingerprint density at radius 3 is 1.98 bits per heavy atom. The summed E-state index contributed by atoms with van der Waals surface area (Å²) in [5.74, 6) is -1.35. The topological polar surface area (TPSA) is 184 Å². The van der Waals surface area contributed by atoms with Crippen LogP contribution in [0.15, 0.2) is 95.3 Å². The Morgan fingerprint density at radius 1 is 0.837 bits per heavy atom. The third kappa shape index (κ3) is 11.3. The summed E-state index contributed by atoms with van der Waals surface area (Å²) in [4.78, 5) is 44.7. The Labute approximate surface area is 291 Å². The number of nitrogens with zero attached hydrogens (tertiary/aromatic N) is 8. The van der Waals surface area contributed by atoms with E-state index in [0.717, 1.165) is 31.4 Å². The van der Waals surface area contributed by atoms with E-state index < -0.39 is 5.97 Å². The van der Waals surface area contributed by atoms with Crippen molar-refractivity contribution < 1.29 is 19.5 Å². The highest BCUT2D eigenvalue weighted by Crippen LogP contribution is 2.14. The summed E-state index contributed by atoms with van der Waals surface area (Å²) in [6, 6.07) is 18.0. The van der Waals surface area contributed by atoms with Gasteiger partial charge in [-0.15, -0.1) is 0 Å². The van der Waals surface area contributed by atoms with Crippen LogP contribution in [-0.4, -0.2) is 69.9 Å². The van der Waals surface area contributed by atoms with Crippen molar-refractivity contribution in [1.29, 1.82) is 0 Å². The van der Waals surface area contributed by atoms with Crippen LogP contribution in [0.3, 0.4) is 0 Å². The molecule has 2 aromatic carbocycles. The number of aliphatic carboxylic acids is 1. The molecule has 0 fully saturated rings. The van der Waals surface area contributed by atoms with Crippen molar-refractivity contribution in [3.63, 3.8) is 0 Å². The zero-order valence-electron chi connectivity index (χ0n) is 26.6. The van der Waals surface area contributed by atoms with Gasteiger partial charge in [-0.05, 0) is 47.0 Å². The second-order valence-corrected chi connectivity index (χ2v) is 11.7. The lowest BCUT2D eigenvalue weighted by atomic mass is 10.1. The number of rotatable bonds is 8. The van der Waals surface area contributed by atoms with E-state index in [1.54, 1.807) is 28.0 Å². The van der Waals surface area contributed by atoms with Crippen LogP contribution in [0.4, 0.5) is 5.69 Å². The van der Waals surface area contributed by atoms with E-state index in [9.17, 15) is 19.2 Å². The summed E-state index contributed by atoms with van der Waals surface area (Å²) in [6.07, 6.45) is 7.55. The molecule has 49 heavy (non-hydrogen) atoms. The number of carbonyl (C=O) groups is 3. The predicted octanol–water partition coefficient (Wildman–Crippen LogP) is 3.95. The lowest BCUT2D eigenvalue weighted by Crippen LogP contribution is -2.31. The van der Waals surface area contributed by atoms with Crippen molar-refractivity contribution in [1.82, 2.24) is 34.4 Å². The summed E-state index contributed by atoms with van der Waals surface area (Å²) >= 11 is 11.8. The van der Waals surface area contributed by atoms with Crippen LogP contribution in [0.25, 0.3) is 0 Å². The fourth-order valence-electron chi connectivity index (χ4n) is 4.45. The number of carboxylic acids is 1. The minimum Gasteiger partial charge on any atom is -0.477 e. The van der Waals surface area contributed by atoms with Gasteiger partial charge in [0.25, 0.3) is 5.56 Å². The van der Waals surface area contributed by atoms with Gasteiger partial charge in [0.15, 0.2) is 5.78 Å². The number of amides is 1. The molecule has 4 heterocycles. The third-order valence-corrected chi connectivity index (χ3v) is 7.34. The zero-order chi connectivity index (χ0) is 35.5. The molecule has 6 rings (SSSR count). The van der Waals surface area contributed by atoms with Crippen LogP contribution in [0, 0.1) is 0 Å². The molecule has 0 atom stereocenters. The number of aryl methyl sites for hydroxylation is 1. The van der Waals surface area contributed by atoms with Crippen LogP contribution in [0.1, 0.15) is 40.0 Å². The number of hydrogen-bond acceptors (Lipinski definition) is 9. The highest BCUT2D eigenvalue weighted by molar-refractivity contribution is 6.36. The molecule has 16 heteroatoms. The molecule has 0 saturated heterocycles. The van der Waals surface area contributed by atoms with Crippen LogP contribution >= 0.6 is 23.2 Å². The highest BCUT2D eigenvalue weighted by Gasteiger charge is 2.20. The molecule has 5 aromatic rings. The Bertz CT molecular complexity index is 2040. The van der Waals surface area contributed by atoms with Gasteiger partial charge in [0.1, 0.15) is 11.4 Å². The number of carbonyl (C=O) groups excluding carboxylic acids is 2. The molecular formula is C33H33Cl2N9O5. The number of hydrazone groups is 1. The maximum Gasteiger partial charge on any atom is 0.352 e. The fourth-order valence-corrected chi connectivity index (χ4v) is 4.87. The number of nitrogens with two attached hydrogens (primary N) is 1. The van der Waals surface area contributed by atoms with E-state index in [4.69, 9.17) is 34.0 Å². The van der Waals surface area contributed by atoms with E-state index in [1.807, 2.05) is 54.7 Å². The van der Waals surface area contributed by atoms with Gasteiger partial charge in [-0.2, -0.15) is 20.4 Å². The molecular weight excluding hydrogens is 673 g/mol. The number of carboxylic acid groups (broad SMARTS) is 1. The van der Waals surface area contributed by atoms with Crippen molar-refractivity contribution in [2.45, 2.75) is 32.4 Å². The normalized spacial score (nSPS) is 12.3. The molecule has 14 nitrogen and oxygen atoms in total. The van der Waals surface area contributed by atoms with Gasteiger partial charge in [-0.3, -0.25) is 23.7 Å². The predicted molar refractivity (Wildman–Crippen MR) is 185 cm³/mol. The minimum absolute atomic E-state index is 0.0482. The van der Waals surface area contributed by atoms with Crippen molar-refractivity contribution >= 4 is 52.3 Å². The maximum atomic E-state index is 12.3. The summed E-state index contributed by atoms with van der Waals surface area (Å²) < 4.78 is 4.68. The molecule has 0 saturated carbocycles. The van der Waals surface area contributed by atoms with Crippen molar-refractivity contribution in [2.24, 2.45) is 12.1 Å². The lowest BCUT2D eigenvalue weighted by molar-refractivity contribution is -0.131. The number of anilines is 1. The molecule has 3 N–H and O–H groups in total. The standard InChI is InChI=1S/C17H15ClN4O2.C10H10ClN3.C6H8N2O3/c1-21-17(24)6-5-15(20-21)16(23)8-13-9-19-22(11-13)10-12-3-2-4-14(18)7-12;11-9-3-1-2-8(4-9)6-14-7-10(12)5-13-14;1-8-5(9)3-2-4(7-8)6(10)11/h2-7,9,11H,8,10H2,1H3;1-5,7H,6,12H2;2-3H2,1H3,(H,10,11). The quantitative estimate of drug-likeness (QED) is 0.226. The van der Waals surface area contributed by atoms with E-state index in [-0.39, 0.29) is 47.9 Å². The van der Waals surface area contributed by atoms with Gasteiger partial charge in [-0.1, -0.05) is 47.5 Å². The smallest absolute Gasteiger partial charge is 0.352 e. The molecule has 3 aromatic heterocycles. The third-order valence-electron chi connectivity index (χ3n) is 6.87. The van der Waals surface area contributed by atoms with Crippen LogP contribution in [0.5, 0.6) is 0 Å². The number of nitrogen functional groups attached to an aromatic ring is 1. The van der Waals surface area contributed by atoms with E-state index in [0.29, 0.717) is 23.8 Å². The largest absolute Gasteiger partial charge is 0.477 e. The first-order valence-electron chi connectivity index (χ1n) is 14.8. The number of hydrogen-bond donors (Lipinski definition) is 2. The molecule has 0 radical (unpaired) electrons. The summed E-state index contributed by atoms with van der Waals surface area (Å²) in [7, 11) is 2.96. The minimum atomic E-state index is -1.05. The van der Waals surface area contributed by atoms with E-state index in [2.05, 4.69) is 20.4 Å². The maximum absolute atomic E-state index is 12.3. The van der Waals surface area contributed by atoms with E-state index >= 15 is 0 Å². The summed E-state index contributed by atoms with van der Waals surface area (Å²) in [6.45, 7) is 1.27. The molecule has 1 amide bonds. The van der Waals surface area contributed by atoms with Gasteiger partial charge in [0.05, 0.1) is 31.2 Å². The Morgan fingerprint density at radius 2 is 1.45 bits per heavy atom. The monoisotopic (exact) mass is 705 g/mol. The van der Waals surface area contributed by atoms with Gasteiger partial charge >= 0.3 is 5.97 Å². The first-order valence-corrected chi connectivity index (χ1v) is 15.5. The van der Waals surface area contributed by atoms with Gasteiger partial charge in [-0.25, -0.2) is 14.5 Å². The Kier molecular flexibility index (Phi) is 12.6. The first-order chi connectivity index (χ1) is 23.4. The highest BCUT2D eigenvalue weighted by atomic mass is 35.5. The van der Waals surface area contributed by atoms with Crippen molar-refractivity contribution in [2.75, 3.05) is 12.8 Å². The van der Waals surface area contributed by atoms with Gasteiger partial charge in [0.2, 0.25) is 5.91 Å². The fraction of sp³-hybridized carbons (Fsp3) is 0.212. The van der Waals surface area contributed by atoms with E-state index in [1.165, 1.54) is 26.2 Å². The molecule has 1 aliphatic rings. The number of halogens is 2. The van der Waals surface area contributed by atoms with Crippen LogP contribution in [-0.2, 0) is 36.1 Å². The average Bonchev–Trinajstić information content (AvgIpc) is 3.68. The van der Waals surface area contributed by atoms with Crippen LogP contribution in [0.2, 0.25) is 10.0 Å². The van der Waals surface area contributed by atoms with Crippen molar-refractivity contribution in [3.05, 3.63) is 128 Å². The lowest BCUT2D eigenvalue weighted by Gasteiger charge is -2.16. The number of aromatic nitrogens is 6. The SMILES string of the molecule is CN1N=C(C(=O)O)CCC1=O.Cn1nc(C(=O)Cc2cnn(Cc3cccc(Cl)c3)c2)ccc1=O.Nc1cnn(Cc2cccc(Cl)c2)c1. The van der Waals surface area contributed by atoms with Crippen LogP contribution < -0.4 is 11.3 Å². The number of ketones is 1. The zero-order valence-corrected chi connectivity index (χ0v) is 28.1. The Hall–Kier alpha value is -5.60. The number of Topliss-reactive ketones (excluding diaryl/α,β-unsaturated/α-hetero) is 1. The molecule has 0 bridgehead atoms. The second-order valence-electron chi connectivity index (χ2n) is 10.8. The molecule has 0 aliphatic carbocycles. The number of benzene rings is 2. The average molecular weight is 707 g/mol.